The van der Waals surface area contributed by atoms with Gasteiger partial charge in [0.25, 0.3) is 0 Å². The van der Waals surface area contributed by atoms with E-state index in [4.69, 9.17) is 11.6 Å². The van der Waals surface area contributed by atoms with Crippen LogP contribution in [0.3, 0.4) is 0 Å². The highest BCUT2D eigenvalue weighted by Gasteiger charge is 2.12. The van der Waals surface area contributed by atoms with E-state index in [-0.39, 0.29) is 18.4 Å². The zero-order chi connectivity index (χ0) is 21.7. The first-order chi connectivity index (χ1) is 14.4. The molecule has 0 spiro atoms. The van der Waals surface area contributed by atoms with E-state index in [1.54, 1.807) is 18.2 Å². The maximum atomic E-state index is 12.3. The fourth-order valence-electron chi connectivity index (χ4n) is 2.83. The smallest absolute Gasteiger partial charge is 0.248 e. The summed E-state index contributed by atoms with van der Waals surface area (Å²) in [6.07, 6.45) is 1.06. The second kappa shape index (κ2) is 9.49. The number of hydrogen-bond donors (Lipinski definition) is 2. The van der Waals surface area contributed by atoms with Crippen molar-refractivity contribution in [3.05, 3.63) is 53.1 Å². The lowest BCUT2D eigenvalue weighted by Crippen LogP contribution is -2.20. The van der Waals surface area contributed by atoms with Crippen LogP contribution in [0.5, 0.6) is 0 Å². The second-order valence-corrected chi connectivity index (χ2v) is 7.41. The highest BCUT2D eigenvalue weighted by molar-refractivity contribution is 6.34. The number of amides is 2. The zero-order valence-electron chi connectivity index (χ0n) is 17.0. The standard InChI is InChI=1S/C21H23ClN6O2/c1-4-13(2)15-5-8-17(9-6-15)24-20(30)12-28-26-21(25-27-28)16-7-10-19(18(22)11-16)23-14(3)29/h5-11,13H,4,12H2,1-3H3,(H,23,29)(H,24,30)/t13-/m0/s1. The molecule has 0 bridgehead atoms. The minimum absolute atomic E-state index is 0.0716. The SMILES string of the molecule is CC[C@H](C)c1ccc(NC(=O)Cn2nnc(-c3ccc(NC(C)=O)c(Cl)c3)n2)cc1. The largest absolute Gasteiger partial charge is 0.325 e. The second-order valence-electron chi connectivity index (χ2n) is 7.00. The predicted octanol–water partition coefficient (Wildman–Crippen LogP) is 4.10. The van der Waals surface area contributed by atoms with Gasteiger partial charge in [-0.2, -0.15) is 4.80 Å². The van der Waals surface area contributed by atoms with Crippen LogP contribution >= 0.6 is 11.6 Å². The molecule has 2 N–H and O–H groups in total. The van der Waals surface area contributed by atoms with Crippen molar-refractivity contribution in [2.75, 3.05) is 10.6 Å². The van der Waals surface area contributed by atoms with E-state index in [2.05, 4.69) is 39.9 Å². The summed E-state index contributed by atoms with van der Waals surface area (Å²) in [5.74, 6) is 0.342. The lowest BCUT2D eigenvalue weighted by atomic mass is 9.99. The molecule has 0 aliphatic carbocycles. The van der Waals surface area contributed by atoms with Gasteiger partial charge in [0.05, 0.1) is 10.7 Å². The number of halogens is 1. The van der Waals surface area contributed by atoms with Gasteiger partial charge in [0, 0.05) is 18.2 Å². The Hall–Kier alpha value is -3.26. The average Bonchev–Trinajstić information content (AvgIpc) is 3.17. The van der Waals surface area contributed by atoms with Gasteiger partial charge in [-0.15, -0.1) is 10.2 Å². The molecule has 156 valence electrons. The maximum Gasteiger partial charge on any atom is 0.248 e. The molecule has 0 saturated carbocycles. The van der Waals surface area contributed by atoms with Crippen LogP contribution in [-0.2, 0) is 16.1 Å². The zero-order valence-corrected chi connectivity index (χ0v) is 17.8. The summed E-state index contributed by atoms with van der Waals surface area (Å²) in [5.41, 5.74) is 3.08. The van der Waals surface area contributed by atoms with Gasteiger partial charge in [-0.25, -0.2) is 0 Å². The number of nitrogens with zero attached hydrogens (tertiary/aromatic N) is 4. The number of benzene rings is 2. The van der Waals surface area contributed by atoms with Gasteiger partial charge >= 0.3 is 0 Å². The molecule has 0 fully saturated rings. The van der Waals surface area contributed by atoms with E-state index in [1.165, 1.54) is 17.3 Å². The molecule has 0 saturated heterocycles. The minimum Gasteiger partial charge on any atom is -0.325 e. The number of carbonyl (C=O) groups excluding carboxylic acids is 2. The third-order valence-corrected chi connectivity index (χ3v) is 4.96. The number of aromatic nitrogens is 4. The Morgan fingerprint density at radius 2 is 1.87 bits per heavy atom. The lowest BCUT2D eigenvalue weighted by molar-refractivity contribution is -0.117. The quantitative estimate of drug-likeness (QED) is 0.592. The van der Waals surface area contributed by atoms with E-state index in [0.717, 1.165) is 6.42 Å². The molecule has 3 aromatic rings. The Morgan fingerprint density at radius 1 is 1.13 bits per heavy atom. The lowest BCUT2D eigenvalue weighted by Gasteiger charge is -2.10. The number of carbonyl (C=O) groups is 2. The first-order valence-corrected chi connectivity index (χ1v) is 9.98. The first kappa shape index (κ1) is 21.4. The topological polar surface area (TPSA) is 102 Å². The number of rotatable bonds is 7. The molecule has 2 amide bonds. The fraction of sp³-hybridized carbons (Fsp3) is 0.286. The summed E-state index contributed by atoms with van der Waals surface area (Å²) < 4.78 is 0. The number of anilines is 2. The Bertz CT molecular complexity index is 1050. The van der Waals surface area contributed by atoms with Crippen molar-refractivity contribution in [3.63, 3.8) is 0 Å². The molecular formula is C21H23ClN6O2. The van der Waals surface area contributed by atoms with E-state index in [9.17, 15) is 9.59 Å². The normalized spacial score (nSPS) is 11.7. The fourth-order valence-corrected chi connectivity index (χ4v) is 3.06. The van der Waals surface area contributed by atoms with Crippen LogP contribution in [0.2, 0.25) is 5.02 Å². The maximum absolute atomic E-state index is 12.3. The number of hydrogen-bond acceptors (Lipinski definition) is 5. The van der Waals surface area contributed by atoms with E-state index < -0.39 is 0 Å². The highest BCUT2D eigenvalue weighted by Crippen LogP contribution is 2.27. The van der Waals surface area contributed by atoms with Crippen LogP contribution in [0.25, 0.3) is 11.4 Å². The van der Waals surface area contributed by atoms with E-state index in [0.29, 0.717) is 33.7 Å². The summed E-state index contributed by atoms with van der Waals surface area (Å²) in [6.45, 7) is 5.65. The molecular weight excluding hydrogens is 404 g/mol. The van der Waals surface area contributed by atoms with Gasteiger partial charge in [0.2, 0.25) is 17.6 Å². The third kappa shape index (κ3) is 5.42. The Labute approximate surface area is 179 Å². The van der Waals surface area contributed by atoms with Crippen LogP contribution in [0.15, 0.2) is 42.5 Å². The summed E-state index contributed by atoms with van der Waals surface area (Å²) in [5, 5.41) is 18.0. The molecule has 2 aromatic carbocycles. The highest BCUT2D eigenvalue weighted by atomic mass is 35.5. The molecule has 9 heteroatoms. The van der Waals surface area contributed by atoms with Crippen LogP contribution in [-0.4, -0.2) is 32.0 Å². The Kier molecular flexibility index (Phi) is 6.79. The van der Waals surface area contributed by atoms with E-state index >= 15 is 0 Å². The summed E-state index contributed by atoms with van der Waals surface area (Å²) in [7, 11) is 0. The third-order valence-electron chi connectivity index (χ3n) is 4.65. The molecule has 1 heterocycles. The van der Waals surface area contributed by atoms with Gasteiger partial charge in [-0.1, -0.05) is 37.6 Å². The number of nitrogens with one attached hydrogen (secondary N) is 2. The van der Waals surface area contributed by atoms with Crippen molar-refractivity contribution in [2.24, 2.45) is 0 Å². The van der Waals surface area contributed by atoms with Gasteiger partial charge in [-0.05, 0) is 53.4 Å². The van der Waals surface area contributed by atoms with Crippen molar-refractivity contribution < 1.29 is 9.59 Å². The van der Waals surface area contributed by atoms with Crippen molar-refractivity contribution in [2.45, 2.75) is 39.7 Å². The van der Waals surface area contributed by atoms with Gasteiger partial charge in [-0.3, -0.25) is 9.59 Å². The molecule has 3 rings (SSSR count). The van der Waals surface area contributed by atoms with Crippen molar-refractivity contribution in [1.82, 2.24) is 20.2 Å². The van der Waals surface area contributed by atoms with Crippen molar-refractivity contribution >= 4 is 34.8 Å². The summed E-state index contributed by atoms with van der Waals surface area (Å²) in [6, 6.07) is 12.8. The van der Waals surface area contributed by atoms with Crippen LogP contribution in [0, 0.1) is 0 Å². The van der Waals surface area contributed by atoms with Crippen molar-refractivity contribution in [3.8, 4) is 11.4 Å². The Morgan fingerprint density at radius 3 is 2.50 bits per heavy atom. The molecule has 30 heavy (non-hydrogen) atoms. The molecule has 0 unspecified atom stereocenters. The predicted molar refractivity (Wildman–Crippen MR) is 116 cm³/mol. The molecule has 1 aromatic heterocycles. The molecule has 1 atom stereocenters. The molecule has 0 aliphatic heterocycles. The van der Waals surface area contributed by atoms with Gasteiger partial charge in [0.1, 0.15) is 6.54 Å². The van der Waals surface area contributed by atoms with Crippen LogP contribution in [0.1, 0.15) is 38.7 Å². The van der Waals surface area contributed by atoms with Crippen molar-refractivity contribution in [1.29, 1.82) is 0 Å². The van der Waals surface area contributed by atoms with E-state index in [1.807, 2.05) is 24.3 Å². The Balaban J connectivity index is 1.63. The molecule has 0 aliphatic rings. The van der Waals surface area contributed by atoms with Gasteiger partial charge in [0.15, 0.2) is 0 Å². The number of tetrazole rings is 1. The van der Waals surface area contributed by atoms with Crippen LogP contribution < -0.4 is 10.6 Å². The average molecular weight is 427 g/mol. The minimum atomic E-state index is -0.255. The van der Waals surface area contributed by atoms with Crippen LogP contribution in [0.4, 0.5) is 11.4 Å². The first-order valence-electron chi connectivity index (χ1n) is 9.61. The van der Waals surface area contributed by atoms with Gasteiger partial charge < -0.3 is 10.6 Å². The monoisotopic (exact) mass is 426 g/mol. The summed E-state index contributed by atoms with van der Waals surface area (Å²) >= 11 is 6.18. The molecule has 8 nitrogen and oxygen atoms in total. The molecule has 0 radical (unpaired) electrons. The summed E-state index contributed by atoms with van der Waals surface area (Å²) in [4.78, 5) is 24.7.